The zero-order valence-corrected chi connectivity index (χ0v) is 26.7. The number of carbonyl (C=O) groups is 4. The normalized spacial score (nSPS) is 11.7. The van der Waals surface area contributed by atoms with E-state index in [4.69, 9.17) is 14.4 Å². The van der Waals surface area contributed by atoms with E-state index in [1.54, 1.807) is 92.0 Å². The van der Waals surface area contributed by atoms with Crippen LogP contribution < -0.4 is 4.74 Å². The molecule has 0 aliphatic carbocycles. The molecule has 0 unspecified atom stereocenters. The maximum Gasteiger partial charge on any atom is 0.332 e. The molecule has 242 valence electrons. The van der Waals surface area contributed by atoms with Crippen LogP contribution in [-0.2, 0) is 19.3 Å². The van der Waals surface area contributed by atoms with Gasteiger partial charge in [0.25, 0.3) is 0 Å². The smallest absolute Gasteiger partial charge is 0.332 e. The molecule has 0 fully saturated rings. The monoisotopic (exact) mass is 651 g/mol. The molecule has 0 aliphatic heterocycles. The van der Waals surface area contributed by atoms with Crippen molar-refractivity contribution in [1.29, 1.82) is 0 Å². The number of rotatable bonds is 10. The van der Waals surface area contributed by atoms with Crippen molar-refractivity contribution in [3.63, 3.8) is 0 Å². The third-order valence-electron chi connectivity index (χ3n) is 7.68. The predicted octanol–water partition coefficient (Wildman–Crippen LogP) is 7.09. The highest BCUT2D eigenvalue weighted by molar-refractivity contribution is 6.52. The predicted molar refractivity (Wildman–Crippen MR) is 185 cm³/mol. The van der Waals surface area contributed by atoms with Crippen LogP contribution in [0.2, 0.25) is 0 Å². The fraction of sp³-hybridized carbons (Fsp3) is 0.0769. The van der Waals surface area contributed by atoms with Crippen LogP contribution in [0.15, 0.2) is 132 Å². The Hall–Kier alpha value is -6.68. The number of methoxy groups -OCH3 is 1. The number of benzene rings is 5. The maximum atomic E-state index is 14.0. The maximum absolute atomic E-state index is 14.0. The van der Waals surface area contributed by atoms with Crippen LogP contribution in [0, 0.1) is 0 Å². The van der Waals surface area contributed by atoms with E-state index in [-0.39, 0.29) is 22.6 Å². The van der Waals surface area contributed by atoms with Gasteiger partial charge in [-0.2, -0.15) is 0 Å². The summed E-state index contributed by atoms with van der Waals surface area (Å²) in [6, 6.07) is 35.4. The van der Waals surface area contributed by atoms with E-state index in [1.807, 2.05) is 41.0 Å². The lowest BCUT2D eigenvalue weighted by Crippen LogP contribution is -2.17. The molecule has 6 aromatic rings. The van der Waals surface area contributed by atoms with Gasteiger partial charge in [0.05, 0.1) is 18.1 Å². The second-order valence-electron chi connectivity index (χ2n) is 10.9. The molecular formula is C39H29N3O7. The number of ether oxygens (including phenoxy) is 1. The van der Waals surface area contributed by atoms with Gasteiger partial charge in [0.2, 0.25) is 11.6 Å². The Morgan fingerprint density at radius 2 is 0.959 bits per heavy atom. The van der Waals surface area contributed by atoms with Gasteiger partial charge in [-0.3, -0.25) is 9.59 Å². The Labute approximate surface area is 280 Å². The number of oxime groups is 2. The largest absolute Gasteiger partial charge is 0.497 e. The molecule has 5 aromatic carbocycles. The number of hydrogen-bond acceptors (Lipinski definition) is 9. The Balaban J connectivity index is 1.54. The van der Waals surface area contributed by atoms with Crippen LogP contribution in [0.25, 0.3) is 27.5 Å². The Morgan fingerprint density at radius 1 is 0.531 bits per heavy atom. The SMILES string of the molecule is COc1ccc(-n2c3ccc(C(=O)/C(=N/OC(C)=O)c4ccccc4)cc3c3cc(C(=O)/C(=N/OC(C)=O)c4ccccc4)ccc32)cc1. The van der Waals surface area contributed by atoms with Gasteiger partial charge >= 0.3 is 11.9 Å². The summed E-state index contributed by atoms with van der Waals surface area (Å²) in [5, 5.41) is 9.15. The number of ketones is 2. The van der Waals surface area contributed by atoms with E-state index in [2.05, 4.69) is 10.3 Å². The van der Waals surface area contributed by atoms with Crippen LogP contribution in [0.1, 0.15) is 45.7 Å². The van der Waals surface area contributed by atoms with Crippen molar-refractivity contribution >= 4 is 56.7 Å². The standard InChI is InChI=1S/C39H29N3O7/c1-24(43)48-40-36(26-10-6-4-7-11-26)38(45)28-14-20-34-32(22-28)33-23-29(15-21-35(33)42(34)30-16-18-31(47-3)19-17-30)39(46)37(41-49-25(2)44)27-12-8-5-9-13-27/h4-23H,1-3H3/b40-36+,41-37+. The first-order valence-corrected chi connectivity index (χ1v) is 15.2. The lowest BCUT2D eigenvalue weighted by Gasteiger charge is -2.10. The topological polar surface area (TPSA) is 126 Å². The van der Waals surface area contributed by atoms with E-state index < -0.39 is 23.5 Å². The Kier molecular flexibility index (Phi) is 9.21. The highest BCUT2D eigenvalue weighted by atomic mass is 16.7. The molecule has 10 nitrogen and oxygen atoms in total. The molecule has 0 spiro atoms. The second-order valence-corrected chi connectivity index (χ2v) is 10.9. The lowest BCUT2D eigenvalue weighted by atomic mass is 9.97. The third kappa shape index (κ3) is 6.75. The summed E-state index contributed by atoms with van der Waals surface area (Å²) in [6.07, 6.45) is 0. The zero-order valence-electron chi connectivity index (χ0n) is 26.7. The van der Waals surface area contributed by atoms with E-state index in [1.165, 1.54) is 13.8 Å². The molecule has 0 bridgehead atoms. The third-order valence-corrected chi connectivity index (χ3v) is 7.68. The van der Waals surface area contributed by atoms with Crippen molar-refractivity contribution < 1.29 is 33.6 Å². The van der Waals surface area contributed by atoms with E-state index >= 15 is 0 Å². The van der Waals surface area contributed by atoms with Crippen molar-refractivity contribution in [1.82, 2.24) is 4.57 Å². The zero-order chi connectivity index (χ0) is 34.5. The summed E-state index contributed by atoms with van der Waals surface area (Å²) < 4.78 is 7.38. The summed E-state index contributed by atoms with van der Waals surface area (Å²) >= 11 is 0. The number of aromatic nitrogens is 1. The van der Waals surface area contributed by atoms with Gasteiger partial charge in [0.15, 0.2) is 11.4 Å². The van der Waals surface area contributed by atoms with Crippen LogP contribution in [-0.4, -0.2) is 46.6 Å². The first-order valence-electron chi connectivity index (χ1n) is 15.2. The fourth-order valence-electron chi connectivity index (χ4n) is 5.45. The van der Waals surface area contributed by atoms with Crippen molar-refractivity contribution in [2.24, 2.45) is 10.3 Å². The van der Waals surface area contributed by atoms with Gasteiger partial charge in [-0.1, -0.05) is 71.0 Å². The summed E-state index contributed by atoms with van der Waals surface area (Å²) in [4.78, 5) is 61.0. The Morgan fingerprint density at radius 3 is 1.35 bits per heavy atom. The summed E-state index contributed by atoms with van der Waals surface area (Å²) in [7, 11) is 1.59. The minimum atomic E-state index is -0.663. The van der Waals surface area contributed by atoms with E-state index in [0.717, 1.165) is 16.7 Å². The van der Waals surface area contributed by atoms with Gasteiger partial charge in [-0.15, -0.1) is 0 Å². The molecule has 10 heteroatoms. The first-order chi connectivity index (χ1) is 23.7. The molecule has 49 heavy (non-hydrogen) atoms. The van der Waals surface area contributed by atoms with Gasteiger partial charge < -0.3 is 19.0 Å². The molecule has 0 N–H and O–H groups in total. The van der Waals surface area contributed by atoms with Crippen molar-refractivity contribution in [3.05, 3.63) is 144 Å². The number of carbonyl (C=O) groups excluding carboxylic acids is 4. The molecule has 0 amide bonds. The van der Waals surface area contributed by atoms with Crippen molar-refractivity contribution in [3.8, 4) is 11.4 Å². The van der Waals surface area contributed by atoms with Crippen LogP contribution in [0.3, 0.4) is 0 Å². The van der Waals surface area contributed by atoms with Gasteiger partial charge in [-0.05, 0) is 60.7 Å². The molecule has 0 atom stereocenters. The minimum Gasteiger partial charge on any atom is -0.497 e. The van der Waals surface area contributed by atoms with Crippen LogP contribution in [0.5, 0.6) is 5.75 Å². The number of nitrogens with zero attached hydrogens (tertiary/aromatic N) is 3. The first kappa shape index (κ1) is 32.3. The summed E-state index contributed by atoms with van der Waals surface area (Å²) in [5.74, 6) is -1.57. The van der Waals surface area contributed by atoms with E-state index in [0.29, 0.717) is 27.6 Å². The molecule has 6 rings (SSSR count). The minimum absolute atomic E-state index is 0.0425. The molecule has 0 saturated heterocycles. The number of fused-ring (bicyclic) bond motifs is 3. The van der Waals surface area contributed by atoms with Gasteiger partial charge in [0, 0.05) is 52.6 Å². The van der Waals surface area contributed by atoms with Crippen molar-refractivity contribution in [2.45, 2.75) is 13.8 Å². The molecule has 0 aliphatic rings. The van der Waals surface area contributed by atoms with Crippen LogP contribution >= 0.6 is 0 Å². The van der Waals surface area contributed by atoms with Crippen LogP contribution in [0.4, 0.5) is 0 Å². The lowest BCUT2D eigenvalue weighted by molar-refractivity contribution is -0.141. The molecule has 1 heterocycles. The second kappa shape index (κ2) is 14.0. The number of Topliss-reactive ketones (excluding diaryl/α,β-unsaturated/α-hetero) is 2. The van der Waals surface area contributed by atoms with Gasteiger partial charge in [-0.25, -0.2) is 9.59 Å². The number of hydrogen-bond donors (Lipinski definition) is 0. The quantitative estimate of drug-likeness (QED) is 0.0670. The highest BCUT2D eigenvalue weighted by Gasteiger charge is 2.23. The molecule has 0 radical (unpaired) electrons. The molecule has 1 aromatic heterocycles. The molecular weight excluding hydrogens is 622 g/mol. The van der Waals surface area contributed by atoms with Gasteiger partial charge in [0.1, 0.15) is 5.75 Å². The Bertz CT molecular complexity index is 2150. The fourth-order valence-corrected chi connectivity index (χ4v) is 5.45. The van der Waals surface area contributed by atoms with Crippen molar-refractivity contribution in [2.75, 3.05) is 7.11 Å². The van der Waals surface area contributed by atoms with E-state index in [9.17, 15) is 19.2 Å². The summed E-state index contributed by atoms with van der Waals surface area (Å²) in [6.45, 7) is 2.41. The summed E-state index contributed by atoms with van der Waals surface area (Å²) in [5.41, 5.74) is 3.78. The average Bonchev–Trinajstić information content (AvgIpc) is 3.45. The average molecular weight is 652 g/mol. The highest BCUT2D eigenvalue weighted by Crippen LogP contribution is 2.34. The molecule has 0 saturated carbocycles.